The molecule has 0 spiro atoms. The molecule has 8 heteroatoms. The second kappa shape index (κ2) is 9.23. The van der Waals surface area contributed by atoms with Crippen LogP contribution < -0.4 is 0 Å². The van der Waals surface area contributed by atoms with E-state index >= 15 is 0 Å². The molecule has 0 heterocycles. The Morgan fingerprint density at radius 1 is 1.29 bits per heavy atom. The minimum absolute atomic E-state index is 0.255. The van der Waals surface area contributed by atoms with Crippen LogP contribution in [0.1, 0.15) is 34.0 Å². The molecule has 2 aromatic carbocycles. The van der Waals surface area contributed by atoms with E-state index in [1.165, 1.54) is 12.1 Å². The maximum atomic E-state index is 12.8. The third-order valence-electron chi connectivity index (χ3n) is 4.02. The number of carbonyl (C=O) groups is 1. The molecule has 2 aromatic rings. The van der Waals surface area contributed by atoms with Crippen molar-refractivity contribution in [1.82, 2.24) is 4.90 Å². The third-order valence-corrected chi connectivity index (χ3v) is 4.68. The number of aryl methyl sites for hydroxylation is 1. The molecule has 0 aliphatic heterocycles. The monoisotopic (exact) mass is 456 g/mol. The lowest BCUT2D eigenvalue weighted by Gasteiger charge is -2.12. The summed E-state index contributed by atoms with van der Waals surface area (Å²) < 4.78 is 44.0. The largest absolute Gasteiger partial charge is 0.457 e. The Balaban J connectivity index is 2.13. The average Bonchev–Trinajstić information content (AvgIpc) is 2.65. The summed E-state index contributed by atoms with van der Waals surface area (Å²) in [6.45, 7) is 4.37. The molecule has 0 N–H and O–H groups in total. The Hall–Kier alpha value is -2.35. The van der Waals surface area contributed by atoms with Gasteiger partial charge in [-0.05, 0) is 65.2 Å². The molecule has 0 saturated heterocycles. The van der Waals surface area contributed by atoms with Crippen molar-refractivity contribution < 1.29 is 22.7 Å². The summed E-state index contributed by atoms with van der Waals surface area (Å²) in [7, 11) is 1.90. The molecule has 150 valence electrons. The number of ether oxygens (including phenoxy) is 1. The Morgan fingerprint density at radius 3 is 2.64 bits per heavy atom. The van der Waals surface area contributed by atoms with E-state index < -0.39 is 17.7 Å². The number of rotatable bonds is 6. The van der Waals surface area contributed by atoms with Gasteiger partial charge in [-0.3, -0.25) is 0 Å². The molecule has 0 aromatic heterocycles. The predicted octanol–water partition coefficient (Wildman–Crippen LogP) is 5.74. The van der Waals surface area contributed by atoms with Gasteiger partial charge in [0, 0.05) is 18.1 Å². The van der Waals surface area contributed by atoms with E-state index in [1.807, 2.05) is 25.8 Å². The SMILES string of the molecule is CCN(C)C=Nc1cc(Br)c(C(=O)OCc2cccc(C(F)(F)F)c2)cc1C. The number of halogens is 4. The average molecular weight is 457 g/mol. The van der Waals surface area contributed by atoms with E-state index in [1.54, 1.807) is 18.5 Å². The summed E-state index contributed by atoms with van der Waals surface area (Å²) in [5.41, 5.74) is 1.24. The number of alkyl halides is 3. The Bertz CT molecular complexity index is 882. The van der Waals surface area contributed by atoms with Gasteiger partial charge in [-0.15, -0.1) is 0 Å². The number of carbonyl (C=O) groups excluding carboxylic acids is 1. The molecule has 28 heavy (non-hydrogen) atoms. The Morgan fingerprint density at radius 2 is 2.00 bits per heavy atom. The molecular weight excluding hydrogens is 437 g/mol. The van der Waals surface area contributed by atoms with Gasteiger partial charge in [0.1, 0.15) is 6.61 Å². The fourth-order valence-electron chi connectivity index (χ4n) is 2.27. The van der Waals surface area contributed by atoms with E-state index in [0.717, 1.165) is 24.2 Å². The van der Waals surface area contributed by atoms with Crippen LogP contribution in [-0.2, 0) is 17.5 Å². The normalized spacial score (nSPS) is 11.7. The molecule has 0 aliphatic rings. The van der Waals surface area contributed by atoms with Crippen LogP contribution in [0.4, 0.5) is 18.9 Å². The van der Waals surface area contributed by atoms with Gasteiger partial charge in [-0.2, -0.15) is 13.2 Å². The van der Waals surface area contributed by atoms with Gasteiger partial charge in [0.25, 0.3) is 0 Å². The maximum absolute atomic E-state index is 12.8. The van der Waals surface area contributed by atoms with Crippen molar-refractivity contribution in [3.63, 3.8) is 0 Å². The first-order chi connectivity index (χ1) is 13.1. The van der Waals surface area contributed by atoms with Crippen LogP contribution in [0, 0.1) is 6.92 Å². The lowest BCUT2D eigenvalue weighted by molar-refractivity contribution is -0.137. The zero-order valence-corrected chi connectivity index (χ0v) is 17.3. The van der Waals surface area contributed by atoms with Crippen molar-refractivity contribution >= 4 is 33.9 Å². The summed E-state index contributed by atoms with van der Waals surface area (Å²) in [5, 5.41) is 0. The van der Waals surface area contributed by atoms with Crippen molar-refractivity contribution in [2.24, 2.45) is 4.99 Å². The molecule has 0 radical (unpaired) electrons. The molecule has 0 fully saturated rings. The van der Waals surface area contributed by atoms with Crippen molar-refractivity contribution in [2.45, 2.75) is 26.6 Å². The summed E-state index contributed by atoms with van der Waals surface area (Å²) in [6.07, 6.45) is -2.75. The predicted molar refractivity (Wildman–Crippen MR) is 106 cm³/mol. The van der Waals surface area contributed by atoms with Crippen LogP contribution in [0.25, 0.3) is 0 Å². The minimum atomic E-state index is -4.44. The summed E-state index contributed by atoms with van der Waals surface area (Å²) in [4.78, 5) is 18.7. The lowest BCUT2D eigenvalue weighted by Crippen LogP contribution is -2.14. The quantitative estimate of drug-likeness (QED) is 0.316. The minimum Gasteiger partial charge on any atom is -0.457 e. The van der Waals surface area contributed by atoms with Crippen molar-refractivity contribution in [3.8, 4) is 0 Å². The second-order valence-corrected chi connectivity index (χ2v) is 7.06. The van der Waals surface area contributed by atoms with E-state index in [2.05, 4.69) is 20.9 Å². The number of benzene rings is 2. The molecular formula is C20H20BrF3N2O2. The van der Waals surface area contributed by atoms with Gasteiger partial charge in [-0.25, -0.2) is 9.79 Å². The zero-order valence-electron chi connectivity index (χ0n) is 15.7. The lowest BCUT2D eigenvalue weighted by atomic mass is 10.1. The van der Waals surface area contributed by atoms with Gasteiger partial charge in [0.15, 0.2) is 0 Å². The molecule has 2 rings (SSSR count). The molecule has 0 unspecified atom stereocenters. The topological polar surface area (TPSA) is 41.9 Å². The third kappa shape index (κ3) is 5.82. The van der Waals surface area contributed by atoms with Crippen molar-refractivity contribution in [1.29, 1.82) is 0 Å². The van der Waals surface area contributed by atoms with Crippen molar-refractivity contribution in [2.75, 3.05) is 13.6 Å². The van der Waals surface area contributed by atoms with Gasteiger partial charge < -0.3 is 9.64 Å². The highest BCUT2D eigenvalue weighted by Crippen LogP contribution is 2.30. The Labute approximate surface area is 170 Å². The van der Waals surface area contributed by atoms with Gasteiger partial charge in [0.05, 0.1) is 23.2 Å². The second-order valence-electron chi connectivity index (χ2n) is 6.21. The number of aliphatic imine (C=N–C) groups is 1. The highest BCUT2D eigenvalue weighted by atomic mass is 79.9. The first kappa shape index (κ1) is 21.9. The molecule has 0 saturated carbocycles. The first-order valence-electron chi connectivity index (χ1n) is 8.49. The fourth-order valence-corrected chi connectivity index (χ4v) is 2.77. The van der Waals surface area contributed by atoms with Crippen molar-refractivity contribution in [3.05, 3.63) is 63.1 Å². The van der Waals surface area contributed by atoms with Crippen LogP contribution in [-0.4, -0.2) is 30.8 Å². The molecule has 0 bridgehead atoms. The van der Waals surface area contributed by atoms with Crippen LogP contribution in [0.5, 0.6) is 0 Å². The first-order valence-corrected chi connectivity index (χ1v) is 9.29. The number of hydrogen-bond donors (Lipinski definition) is 0. The van der Waals surface area contributed by atoms with E-state index in [4.69, 9.17) is 4.74 Å². The van der Waals surface area contributed by atoms with Crippen LogP contribution in [0.2, 0.25) is 0 Å². The Kier molecular flexibility index (Phi) is 7.23. The van der Waals surface area contributed by atoms with Gasteiger partial charge in [0.2, 0.25) is 0 Å². The molecule has 0 amide bonds. The van der Waals surface area contributed by atoms with Crippen LogP contribution in [0.3, 0.4) is 0 Å². The van der Waals surface area contributed by atoms with Crippen LogP contribution in [0.15, 0.2) is 45.9 Å². The van der Waals surface area contributed by atoms with Crippen LogP contribution >= 0.6 is 15.9 Å². The molecule has 0 aliphatic carbocycles. The standard InChI is InChI=1S/C20H20BrF3N2O2/c1-4-26(3)12-25-18-10-17(21)16(8-13(18)2)19(27)28-11-14-6-5-7-15(9-14)20(22,23)24/h5-10,12H,4,11H2,1-3H3. The maximum Gasteiger partial charge on any atom is 0.416 e. The number of esters is 1. The fraction of sp³-hybridized carbons (Fsp3) is 0.300. The number of hydrogen-bond acceptors (Lipinski definition) is 3. The van der Waals surface area contributed by atoms with E-state index in [0.29, 0.717) is 10.2 Å². The smallest absolute Gasteiger partial charge is 0.416 e. The van der Waals surface area contributed by atoms with E-state index in [-0.39, 0.29) is 17.7 Å². The van der Waals surface area contributed by atoms with E-state index in [9.17, 15) is 18.0 Å². The summed E-state index contributed by atoms with van der Waals surface area (Å²) in [6, 6.07) is 8.04. The molecule has 4 nitrogen and oxygen atoms in total. The van der Waals surface area contributed by atoms with Gasteiger partial charge in [-0.1, -0.05) is 12.1 Å². The highest BCUT2D eigenvalue weighted by molar-refractivity contribution is 9.10. The summed E-state index contributed by atoms with van der Waals surface area (Å²) >= 11 is 3.33. The highest BCUT2D eigenvalue weighted by Gasteiger charge is 2.30. The number of nitrogens with zero attached hydrogens (tertiary/aromatic N) is 2. The van der Waals surface area contributed by atoms with Gasteiger partial charge >= 0.3 is 12.1 Å². The molecule has 0 atom stereocenters. The zero-order chi connectivity index (χ0) is 20.9. The summed E-state index contributed by atoms with van der Waals surface area (Å²) in [5.74, 6) is -0.631.